The molecule has 1 N–H and O–H groups in total. The molecule has 1 aromatic carbocycles. The number of benzene rings is 1. The first-order valence-electron chi connectivity index (χ1n) is 11.9. The molecule has 0 aliphatic carbocycles. The quantitative estimate of drug-likeness (QED) is 0.550. The molecule has 0 unspecified atom stereocenters. The summed E-state index contributed by atoms with van der Waals surface area (Å²) >= 11 is 0. The molecule has 3 amide bonds. The van der Waals surface area contributed by atoms with Crippen LogP contribution < -0.4 is 15.0 Å². The van der Waals surface area contributed by atoms with Crippen molar-refractivity contribution < 1.29 is 27.5 Å². The average molecular weight is 502 g/mol. The zero-order valence-corrected chi connectivity index (χ0v) is 19.5. The summed E-state index contributed by atoms with van der Waals surface area (Å²) in [6.45, 7) is 2.83. The number of imide groups is 1. The number of aromatic nitrogens is 2. The number of anilines is 1. The van der Waals surface area contributed by atoms with Gasteiger partial charge in [-0.05, 0) is 73.7 Å². The van der Waals surface area contributed by atoms with E-state index in [2.05, 4.69) is 26.1 Å². The van der Waals surface area contributed by atoms with Crippen molar-refractivity contribution in [3.05, 3.63) is 59.9 Å². The van der Waals surface area contributed by atoms with Crippen molar-refractivity contribution in [2.24, 2.45) is 5.92 Å². The van der Waals surface area contributed by atoms with Crippen LogP contribution in [0.5, 0.6) is 5.75 Å². The maximum atomic E-state index is 12.3. The molecule has 0 bridgehead atoms. The van der Waals surface area contributed by atoms with Crippen molar-refractivity contribution in [3.63, 3.8) is 0 Å². The molecule has 2 aliphatic heterocycles. The van der Waals surface area contributed by atoms with Crippen LogP contribution in [0.25, 0.3) is 5.52 Å². The van der Waals surface area contributed by atoms with Crippen LogP contribution in [0, 0.1) is 5.92 Å². The second-order valence-electron chi connectivity index (χ2n) is 9.26. The number of carbonyl (C=O) groups is 2. The van der Waals surface area contributed by atoms with E-state index in [4.69, 9.17) is 0 Å². The summed E-state index contributed by atoms with van der Waals surface area (Å²) in [4.78, 5) is 27.6. The summed E-state index contributed by atoms with van der Waals surface area (Å²) in [6.07, 6.45) is 2.05. The molecule has 3 aromatic rings. The van der Waals surface area contributed by atoms with Gasteiger partial charge in [-0.25, -0.2) is 9.31 Å². The van der Waals surface area contributed by atoms with E-state index in [9.17, 15) is 22.8 Å². The first kappa shape index (κ1) is 24.1. The molecule has 2 fully saturated rings. The monoisotopic (exact) mass is 501 g/mol. The lowest BCUT2D eigenvalue weighted by molar-refractivity contribution is -0.274. The number of nitrogens with zero attached hydrogens (tertiary/aromatic N) is 4. The summed E-state index contributed by atoms with van der Waals surface area (Å²) in [5.74, 6) is 0.0263. The highest BCUT2D eigenvalue weighted by molar-refractivity contribution is 6.07. The van der Waals surface area contributed by atoms with Gasteiger partial charge < -0.3 is 4.74 Å². The molecule has 0 saturated carbocycles. The SMILES string of the molecule is O=C1CCN(c2cnn3ccc(CC4CCN(Cc5ccc(OC(F)(F)F)cc5)CC4)cc23)C(=O)N1. The van der Waals surface area contributed by atoms with Crippen LogP contribution in [0.15, 0.2) is 48.8 Å². The number of halogens is 3. The average Bonchev–Trinajstić information content (AvgIpc) is 3.24. The van der Waals surface area contributed by atoms with Crippen LogP contribution in [-0.2, 0) is 17.8 Å². The number of urea groups is 1. The molecule has 0 atom stereocenters. The number of piperidine rings is 1. The Morgan fingerprint density at radius 3 is 2.47 bits per heavy atom. The summed E-state index contributed by atoms with van der Waals surface area (Å²) in [6, 6.07) is 9.71. The van der Waals surface area contributed by atoms with Gasteiger partial charge in [0.25, 0.3) is 0 Å². The molecule has 11 heteroatoms. The minimum atomic E-state index is -4.68. The van der Waals surface area contributed by atoms with E-state index in [1.165, 1.54) is 12.1 Å². The van der Waals surface area contributed by atoms with Crippen LogP contribution in [0.3, 0.4) is 0 Å². The summed E-state index contributed by atoms with van der Waals surface area (Å²) in [5.41, 5.74) is 3.62. The molecule has 0 spiro atoms. The molecule has 4 heterocycles. The molecular formula is C25H26F3N5O3. The number of nitrogens with one attached hydrogen (secondary N) is 1. The minimum absolute atomic E-state index is 0.210. The van der Waals surface area contributed by atoms with Crippen LogP contribution in [0.4, 0.5) is 23.7 Å². The summed E-state index contributed by atoms with van der Waals surface area (Å²) < 4.78 is 42.7. The van der Waals surface area contributed by atoms with Crippen LogP contribution in [0.1, 0.15) is 30.4 Å². The van der Waals surface area contributed by atoms with Crippen molar-refractivity contribution in [3.8, 4) is 5.75 Å². The predicted molar refractivity (Wildman–Crippen MR) is 126 cm³/mol. The third-order valence-electron chi connectivity index (χ3n) is 6.71. The van der Waals surface area contributed by atoms with Gasteiger partial charge in [0.05, 0.1) is 17.4 Å². The Hall–Kier alpha value is -3.60. The van der Waals surface area contributed by atoms with Crippen molar-refractivity contribution >= 4 is 23.1 Å². The zero-order chi connectivity index (χ0) is 25.3. The Balaban J connectivity index is 1.17. The molecule has 5 rings (SSSR count). The van der Waals surface area contributed by atoms with Crippen molar-refractivity contribution in [2.45, 2.75) is 38.6 Å². The Morgan fingerprint density at radius 1 is 1.03 bits per heavy atom. The van der Waals surface area contributed by atoms with Crippen molar-refractivity contribution in [2.75, 3.05) is 24.5 Å². The Labute approximate surface area is 205 Å². The van der Waals surface area contributed by atoms with Crippen molar-refractivity contribution in [1.82, 2.24) is 19.8 Å². The Morgan fingerprint density at radius 2 is 1.78 bits per heavy atom. The lowest BCUT2D eigenvalue weighted by Crippen LogP contribution is -2.49. The number of hydrogen-bond acceptors (Lipinski definition) is 5. The highest BCUT2D eigenvalue weighted by atomic mass is 19.4. The van der Waals surface area contributed by atoms with Gasteiger partial charge in [0, 0.05) is 25.7 Å². The predicted octanol–water partition coefficient (Wildman–Crippen LogP) is 4.13. The fourth-order valence-electron chi connectivity index (χ4n) is 4.88. The van der Waals surface area contributed by atoms with Gasteiger partial charge in [-0.1, -0.05) is 12.1 Å². The Kier molecular flexibility index (Phi) is 6.57. The molecule has 0 radical (unpaired) electrons. The van der Waals surface area contributed by atoms with Gasteiger partial charge in [-0.3, -0.25) is 19.9 Å². The smallest absolute Gasteiger partial charge is 0.406 e. The number of alkyl halides is 3. The number of fused-ring (bicyclic) bond motifs is 1. The fraction of sp³-hybridized carbons (Fsp3) is 0.400. The second-order valence-corrected chi connectivity index (χ2v) is 9.26. The molecule has 190 valence electrons. The maximum absolute atomic E-state index is 12.3. The first-order valence-corrected chi connectivity index (χ1v) is 11.9. The van der Waals surface area contributed by atoms with Gasteiger partial charge in [-0.15, -0.1) is 13.2 Å². The molecular weight excluding hydrogens is 475 g/mol. The summed E-state index contributed by atoms with van der Waals surface area (Å²) in [5, 5.41) is 6.70. The number of hydrogen-bond donors (Lipinski definition) is 1. The van der Waals surface area contributed by atoms with Gasteiger partial charge in [0.1, 0.15) is 5.75 Å². The van der Waals surface area contributed by atoms with E-state index in [0.29, 0.717) is 24.7 Å². The number of carbonyl (C=O) groups excluding carboxylic acids is 2. The van der Waals surface area contributed by atoms with Crippen molar-refractivity contribution in [1.29, 1.82) is 0 Å². The zero-order valence-electron chi connectivity index (χ0n) is 19.5. The van der Waals surface area contributed by atoms with Gasteiger partial charge >= 0.3 is 12.4 Å². The number of ether oxygens (including phenoxy) is 1. The molecule has 2 aromatic heterocycles. The molecule has 2 saturated heterocycles. The highest BCUT2D eigenvalue weighted by Gasteiger charge is 2.31. The second kappa shape index (κ2) is 9.81. The van der Waals surface area contributed by atoms with Gasteiger partial charge in [-0.2, -0.15) is 5.10 Å². The Bertz CT molecular complexity index is 1250. The fourth-order valence-corrected chi connectivity index (χ4v) is 4.88. The lowest BCUT2D eigenvalue weighted by Gasteiger charge is -2.32. The van der Waals surface area contributed by atoms with E-state index in [0.717, 1.165) is 49.0 Å². The molecule has 2 aliphatic rings. The summed E-state index contributed by atoms with van der Waals surface area (Å²) in [7, 11) is 0. The normalized spacial score (nSPS) is 18.0. The minimum Gasteiger partial charge on any atom is -0.406 e. The van der Waals surface area contributed by atoms with Gasteiger partial charge in [0.2, 0.25) is 5.91 Å². The van der Waals surface area contributed by atoms with Crippen LogP contribution in [0.2, 0.25) is 0 Å². The number of likely N-dealkylation sites (tertiary alicyclic amines) is 1. The molecule has 36 heavy (non-hydrogen) atoms. The topological polar surface area (TPSA) is 79.2 Å². The third kappa shape index (κ3) is 5.62. The van der Waals surface area contributed by atoms with Gasteiger partial charge in [0.15, 0.2) is 0 Å². The first-order chi connectivity index (χ1) is 17.2. The van der Waals surface area contributed by atoms with Crippen LogP contribution in [-0.4, -0.2) is 52.4 Å². The standard InChI is InChI=1S/C25H26F3N5O3/c26-25(27,28)36-20-3-1-18(2-4-20)16-31-9-5-17(6-10-31)13-19-7-12-33-21(14-19)22(15-29-33)32-11-8-23(34)30-24(32)35/h1-4,7,12,14-15,17H,5-6,8-11,13,16H2,(H,30,34,35). The van der Waals surface area contributed by atoms with E-state index >= 15 is 0 Å². The number of rotatable bonds is 6. The highest BCUT2D eigenvalue weighted by Crippen LogP contribution is 2.28. The largest absolute Gasteiger partial charge is 0.573 e. The third-order valence-corrected chi connectivity index (χ3v) is 6.71. The van der Waals surface area contributed by atoms with E-state index < -0.39 is 12.4 Å². The lowest BCUT2D eigenvalue weighted by atomic mass is 9.90. The van der Waals surface area contributed by atoms with Crippen LogP contribution >= 0.6 is 0 Å². The number of amides is 3. The number of pyridine rings is 1. The van der Waals surface area contributed by atoms with E-state index in [-0.39, 0.29) is 18.1 Å². The van der Waals surface area contributed by atoms with E-state index in [1.807, 2.05) is 12.3 Å². The van der Waals surface area contributed by atoms with E-state index in [1.54, 1.807) is 27.7 Å². The molecule has 8 nitrogen and oxygen atoms in total. The maximum Gasteiger partial charge on any atom is 0.573 e.